The minimum Gasteiger partial charge on any atom is -0.507 e. The molecule has 0 saturated carbocycles. The van der Waals surface area contributed by atoms with E-state index >= 15 is 0 Å². The zero-order valence-electron chi connectivity index (χ0n) is 8.48. The first-order valence-electron chi connectivity index (χ1n) is 4.27. The molecule has 0 fully saturated rings. The first-order valence-corrected chi connectivity index (χ1v) is 4.27. The minimum atomic E-state index is -0.765. The molecule has 0 aliphatic rings. The topological polar surface area (TPSA) is 89.6 Å². The van der Waals surface area contributed by atoms with Crippen LogP contribution in [0.25, 0.3) is 0 Å². The Labute approximate surface area is 91.8 Å². The van der Waals surface area contributed by atoms with Crippen LogP contribution in [0.4, 0.5) is 0 Å². The molecule has 1 aromatic rings. The number of aromatic hydroxyl groups is 1. The van der Waals surface area contributed by atoms with E-state index in [9.17, 15) is 14.7 Å². The summed E-state index contributed by atoms with van der Waals surface area (Å²) in [4.78, 5) is 21.6. The van der Waals surface area contributed by atoms with Crippen molar-refractivity contribution in [2.75, 3.05) is 7.11 Å². The quantitative estimate of drug-likeness (QED) is 0.514. The molecule has 0 atom stereocenters. The van der Waals surface area contributed by atoms with E-state index in [1.807, 2.05) is 0 Å². The zero-order valence-corrected chi connectivity index (χ0v) is 8.48. The van der Waals surface area contributed by atoms with E-state index in [0.717, 1.165) is 0 Å². The highest BCUT2D eigenvalue weighted by Gasteiger charge is 2.07. The number of hydrogen-bond acceptors (Lipinski definition) is 4. The van der Waals surface area contributed by atoms with Gasteiger partial charge in [0.15, 0.2) is 0 Å². The Morgan fingerprint density at radius 3 is 2.69 bits per heavy atom. The Bertz CT molecular complexity index is 496. The summed E-state index contributed by atoms with van der Waals surface area (Å²) < 4.78 is 4.32. The molecular formula is C11H9NO4. The van der Waals surface area contributed by atoms with Crippen molar-refractivity contribution >= 4 is 11.9 Å². The molecule has 82 valence electrons. The number of amides is 1. The number of hydrogen-bond donors (Lipinski definition) is 2. The number of phenols is 1. The van der Waals surface area contributed by atoms with Gasteiger partial charge in [0.2, 0.25) is 0 Å². The van der Waals surface area contributed by atoms with Crippen molar-refractivity contribution in [1.82, 2.24) is 0 Å². The SMILES string of the molecule is COC(=O)C#Cc1ccc(O)c(C(N)=O)c1. The predicted octanol–water partition coefficient (Wildman–Crippen LogP) is 0.0156. The van der Waals surface area contributed by atoms with Gasteiger partial charge in [-0.3, -0.25) is 4.79 Å². The average Bonchev–Trinajstić information content (AvgIpc) is 2.27. The Balaban J connectivity index is 3.07. The van der Waals surface area contributed by atoms with Gasteiger partial charge in [0.1, 0.15) is 5.75 Å². The second-order valence-electron chi connectivity index (χ2n) is 2.84. The molecule has 0 heterocycles. The first-order chi connectivity index (χ1) is 7.54. The van der Waals surface area contributed by atoms with Crippen LogP contribution in [0.15, 0.2) is 18.2 Å². The highest BCUT2D eigenvalue weighted by atomic mass is 16.5. The van der Waals surface area contributed by atoms with Crippen molar-refractivity contribution in [3.05, 3.63) is 29.3 Å². The molecule has 0 unspecified atom stereocenters. The van der Waals surface area contributed by atoms with Crippen molar-refractivity contribution in [3.63, 3.8) is 0 Å². The van der Waals surface area contributed by atoms with Gasteiger partial charge in [-0.1, -0.05) is 5.92 Å². The van der Waals surface area contributed by atoms with E-state index in [0.29, 0.717) is 5.56 Å². The molecule has 16 heavy (non-hydrogen) atoms. The second-order valence-corrected chi connectivity index (χ2v) is 2.84. The van der Waals surface area contributed by atoms with E-state index in [2.05, 4.69) is 16.6 Å². The van der Waals surface area contributed by atoms with Crippen LogP contribution >= 0.6 is 0 Å². The Kier molecular flexibility index (Phi) is 3.51. The minimum absolute atomic E-state index is 0.0448. The molecular weight excluding hydrogens is 210 g/mol. The number of rotatable bonds is 1. The predicted molar refractivity (Wildman–Crippen MR) is 55.5 cm³/mol. The fourth-order valence-electron chi connectivity index (χ4n) is 0.985. The fourth-order valence-corrected chi connectivity index (χ4v) is 0.985. The third kappa shape index (κ3) is 2.75. The summed E-state index contributed by atoms with van der Waals surface area (Å²) in [6, 6.07) is 4.03. The highest BCUT2D eigenvalue weighted by Crippen LogP contribution is 2.17. The lowest BCUT2D eigenvalue weighted by Gasteiger charge is -1.99. The van der Waals surface area contributed by atoms with Crippen molar-refractivity contribution in [3.8, 4) is 17.6 Å². The molecule has 1 aromatic carbocycles. The molecule has 5 heteroatoms. The lowest BCUT2D eigenvalue weighted by atomic mass is 10.1. The second kappa shape index (κ2) is 4.84. The zero-order chi connectivity index (χ0) is 12.1. The van der Waals surface area contributed by atoms with E-state index < -0.39 is 11.9 Å². The van der Waals surface area contributed by atoms with Gasteiger partial charge in [0.25, 0.3) is 5.91 Å². The lowest BCUT2D eigenvalue weighted by Crippen LogP contribution is -2.11. The van der Waals surface area contributed by atoms with E-state index in [1.165, 1.54) is 25.3 Å². The van der Waals surface area contributed by atoms with Crippen LogP contribution in [0.5, 0.6) is 5.75 Å². The number of benzene rings is 1. The maximum absolute atomic E-state index is 10.9. The molecule has 0 aliphatic heterocycles. The van der Waals surface area contributed by atoms with Crippen LogP contribution in [-0.4, -0.2) is 24.1 Å². The van der Waals surface area contributed by atoms with Gasteiger partial charge < -0.3 is 15.6 Å². The van der Waals surface area contributed by atoms with E-state index in [4.69, 9.17) is 5.73 Å². The van der Waals surface area contributed by atoms with Crippen LogP contribution in [-0.2, 0) is 9.53 Å². The molecule has 3 N–H and O–H groups in total. The summed E-state index contributed by atoms with van der Waals surface area (Å²) in [5, 5.41) is 9.29. The Morgan fingerprint density at radius 2 is 2.12 bits per heavy atom. The monoisotopic (exact) mass is 219 g/mol. The van der Waals surface area contributed by atoms with Crippen LogP contribution in [0, 0.1) is 11.8 Å². The van der Waals surface area contributed by atoms with Gasteiger partial charge >= 0.3 is 5.97 Å². The summed E-state index contributed by atoms with van der Waals surface area (Å²) in [6.07, 6.45) is 0. The molecule has 0 radical (unpaired) electrons. The third-order valence-corrected chi connectivity index (χ3v) is 1.76. The Morgan fingerprint density at radius 1 is 1.44 bits per heavy atom. The Hall–Kier alpha value is -2.48. The summed E-state index contributed by atoms with van der Waals surface area (Å²) in [7, 11) is 1.21. The number of nitrogens with two attached hydrogens (primary N) is 1. The third-order valence-electron chi connectivity index (χ3n) is 1.76. The maximum atomic E-state index is 10.9. The molecule has 0 aromatic heterocycles. The van der Waals surface area contributed by atoms with Crippen LogP contribution in [0.1, 0.15) is 15.9 Å². The summed E-state index contributed by atoms with van der Waals surface area (Å²) in [5.41, 5.74) is 5.37. The van der Waals surface area contributed by atoms with E-state index in [-0.39, 0.29) is 11.3 Å². The van der Waals surface area contributed by atoms with Crippen molar-refractivity contribution in [2.45, 2.75) is 0 Å². The molecule has 1 rings (SSSR count). The van der Waals surface area contributed by atoms with Gasteiger partial charge in [-0.2, -0.15) is 0 Å². The maximum Gasteiger partial charge on any atom is 0.384 e. The van der Waals surface area contributed by atoms with Gasteiger partial charge in [0.05, 0.1) is 12.7 Å². The summed E-state index contributed by atoms with van der Waals surface area (Å²) in [5.74, 6) is 2.99. The molecule has 5 nitrogen and oxygen atoms in total. The van der Waals surface area contributed by atoms with Crippen LogP contribution < -0.4 is 5.73 Å². The van der Waals surface area contributed by atoms with Crippen molar-refractivity contribution in [2.24, 2.45) is 5.73 Å². The summed E-state index contributed by atoms with van der Waals surface area (Å²) >= 11 is 0. The van der Waals surface area contributed by atoms with Crippen molar-refractivity contribution in [1.29, 1.82) is 0 Å². The molecule has 1 amide bonds. The number of ether oxygens (including phenoxy) is 1. The normalized spacial score (nSPS) is 8.81. The first kappa shape index (κ1) is 11.6. The molecule has 0 saturated heterocycles. The number of primary amides is 1. The van der Waals surface area contributed by atoms with E-state index in [1.54, 1.807) is 0 Å². The van der Waals surface area contributed by atoms with Gasteiger partial charge in [-0.05, 0) is 18.2 Å². The van der Waals surface area contributed by atoms with Crippen molar-refractivity contribution < 1.29 is 19.4 Å². The number of methoxy groups -OCH3 is 1. The van der Waals surface area contributed by atoms with Crippen LogP contribution in [0.3, 0.4) is 0 Å². The fraction of sp³-hybridized carbons (Fsp3) is 0.0909. The lowest BCUT2D eigenvalue weighted by molar-refractivity contribution is -0.133. The largest absolute Gasteiger partial charge is 0.507 e. The summed E-state index contributed by atoms with van der Waals surface area (Å²) in [6.45, 7) is 0. The van der Waals surface area contributed by atoms with Gasteiger partial charge in [-0.25, -0.2) is 4.79 Å². The van der Waals surface area contributed by atoms with Gasteiger partial charge in [0, 0.05) is 11.5 Å². The van der Waals surface area contributed by atoms with Crippen LogP contribution in [0.2, 0.25) is 0 Å². The average molecular weight is 219 g/mol. The highest BCUT2D eigenvalue weighted by molar-refractivity contribution is 5.96. The number of carbonyl (C=O) groups is 2. The molecule has 0 bridgehead atoms. The van der Waals surface area contributed by atoms with Gasteiger partial charge in [-0.15, -0.1) is 0 Å². The number of esters is 1. The number of carbonyl (C=O) groups excluding carboxylic acids is 2. The standard InChI is InChI=1S/C11H9NO4/c1-16-10(14)5-3-7-2-4-9(13)8(6-7)11(12)15/h2,4,6,13H,1H3,(H2,12,15). The molecule has 0 aliphatic carbocycles. The smallest absolute Gasteiger partial charge is 0.384 e. The molecule has 0 spiro atoms.